The van der Waals surface area contributed by atoms with Crippen LogP contribution in [0.2, 0.25) is 0 Å². The molecule has 0 aromatic heterocycles. The second-order valence-corrected chi connectivity index (χ2v) is 9.76. The third kappa shape index (κ3) is 4.74. The van der Waals surface area contributed by atoms with E-state index in [0.29, 0.717) is 0 Å². The van der Waals surface area contributed by atoms with E-state index >= 15 is 0 Å². The summed E-state index contributed by atoms with van der Waals surface area (Å²) in [5.41, 5.74) is 3.30. The van der Waals surface area contributed by atoms with Crippen molar-refractivity contribution in [2.45, 2.75) is 65.0 Å². The van der Waals surface area contributed by atoms with Gasteiger partial charge < -0.3 is 23.7 Å². The third-order valence-electron chi connectivity index (χ3n) is 6.08. The fourth-order valence-electron chi connectivity index (χ4n) is 4.29. The molecule has 2 aromatic rings. The van der Waals surface area contributed by atoms with Crippen LogP contribution in [0.5, 0.6) is 23.0 Å². The van der Waals surface area contributed by atoms with Gasteiger partial charge in [-0.2, -0.15) is 0 Å². The summed E-state index contributed by atoms with van der Waals surface area (Å²) in [6.45, 7) is 12.2. The maximum absolute atomic E-state index is 6.48. The minimum atomic E-state index is -0.341. The Labute approximate surface area is 197 Å². The zero-order chi connectivity index (χ0) is 24.0. The first-order chi connectivity index (χ1) is 15.5. The summed E-state index contributed by atoms with van der Waals surface area (Å²) in [6, 6.07) is 8.06. The molecule has 2 aromatic carbocycles. The van der Waals surface area contributed by atoms with Gasteiger partial charge in [-0.25, -0.2) is 0 Å². The summed E-state index contributed by atoms with van der Waals surface area (Å²) in [7, 11) is 3.34. The second-order valence-electron chi connectivity index (χ2n) is 9.76. The molecule has 2 heterocycles. The Morgan fingerprint density at radius 2 is 1.06 bits per heavy atom. The number of fused-ring (bicyclic) bond motifs is 2. The average molecular weight is 451 g/mol. The smallest absolute Gasteiger partial charge is 0.131 e. The number of ether oxygens (including phenoxy) is 5. The quantitative estimate of drug-likeness (QED) is 0.478. The summed E-state index contributed by atoms with van der Waals surface area (Å²) in [5.74, 6) is 3.12. The molecule has 2 aliphatic rings. The first-order valence-corrected chi connectivity index (χ1v) is 11.4. The van der Waals surface area contributed by atoms with Gasteiger partial charge in [0.15, 0.2) is 0 Å². The van der Waals surface area contributed by atoms with Gasteiger partial charge in [0.25, 0.3) is 0 Å². The van der Waals surface area contributed by atoms with Gasteiger partial charge in [0.2, 0.25) is 0 Å². The van der Waals surface area contributed by atoms with E-state index in [9.17, 15) is 0 Å². The summed E-state index contributed by atoms with van der Waals surface area (Å²) >= 11 is 0. The van der Waals surface area contributed by atoms with Crippen molar-refractivity contribution in [3.63, 3.8) is 0 Å². The summed E-state index contributed by atoms with van der Waals surface area (Å²) < 4.78 is 30.1. The van der Waals surface area contributed by atoms with E-state index in [0.717, 1.165) is 45.3 Å². The van der Waals surface area contributed by atoms with Gasteiger partial charge in [-0.15, -0.1) is 0 Å². The lowest BCUT2D eigenvalue weighted by Gasteiger charge is -2.30. The van der Waals surface area contributed by atoms with Gasteiger partial charge in [0, 0.05) is 34.4 Å². The van der Waals surface area contributed by atoms with Gasteiger partial charge in [-0.05, 0) is 65.8 Å². The average Bonchev–Trinajstić information content (AvgIpc) is 2.75. The topological polar surface area (TPSA) is 46.2 Å². The molecule has 2 aliphatic heterocycles. The molecule has 2 atom stereocenters. The van der Waals surface area contributed by atoms with Crippen LogP contribution in [0, 0.1) is 0 Å². The van der Waals surface area contributed by atoms with Gasteiger partial charge in [-0.1, -0.05) is 12.2 Å². The van der Waals surface area contributed by atoms with Gasteiger partial charge >= 0.3 is 0 Å². The normalized spacial score (nSPS) is 18.9. The standard InChI is InChI=1S/C28H34O5/c1-17(21-13-19-9-11-27(3,4)32-23(19)15-25(21)29-7)31-18(2)22-14-20-10-12-28(5,6)33-24(20)16-26(22)30-8/h9-18H,1-8H3. The molecule has 0 saturated heterocycles. The van der Waals surface area contributed by atoms with Crippen molar-refractivity contribution in [2.75, 3.05) is 14.2 Å². The number of benzene rings is 2. The molecule has 0 saturated carbocycles. The molecule has 33 heavy (non-hydrogen) atoms. The fraction of sp³-hybridized carbons (Fsp3) is 0.429. The van der Waals surface area contributed by atoms with Crippen LogP contribution in [0.15, 0.2) is 36.4 Å². The van der Waals surface area contributed by atoms with E-state index in [2.05, 4.69) is 36.4 Å². The second kappa shape index (κ2) is 8.45. The van der Waals surface area contributed by atoms with Crippen LogP contribution in [0.1, 0.15) is 76.0 Å². The van der Waals surface area contributed by atoms with Crippen LogP contribution in [-0.2, 0) is 4.74 Å². The molecule has 0 fully saturated rings. The van der Waals surface area contributed by atoms with Gasteiger partial charge in [0.1, 0.15) is 34.2 Å². The van der Waals surface area contributed by atoms with Crippen LogP contribution in [0.4, 0.5) is 0 Å². The molecule has 0 spiro atoms. The summed E-state index contributed by atoms with van der Waals surface area (Å²) in [5, 5.41) is 0. The highest BCUT2D eigenvalue weighted by atomic mass is 16.5. The molecule has 0 radical (unpaired) electrons. The van der Waals surface area contributed by atoms with Crippen molar-refractivity contribution in [3.05, 3.63) is 58.7 Å². The van der Waals surface area contributed by atoms with Crippen molar-refractivity contribution in [1.82, 2.24) is 0 Å². The van der Waals surface area contributed by atoms with E-state index in [-0.39, 0.29) is 23.4 Å². The molecule has 0 bridgehead atoms. The molecule has 0 amide bonds. The highest BCUT2D eigenvalue weighted by Gasteiger charge is 2.27. The summed E-state index contributed by atoms with van der Waals surface area (Å²) in [4.78, 5) is 0. The SMILES string of the molecule is COc1cc2c(cc1C(C)OC(C)c1cc3c(cc1OC)OC(C)(C)C=C3)C=CC(C)(C)O2. The van der Waals surface area contributed by atoms with E-state index in [1.807, 2.05) is 53.7 Å². The van der Waals surface area contributed by atoms with E-state index in [1.54, 1.807) is 14.2 Å². The molecule has 176 valence electrons. The van der Waals surface area contributed by atoms with Crippen LogP contribution in [-0.4, -0.2) is 25.4 Å². The molecule has 0 N–H and O–H groups in total. The third-order valence-corrected chi connectivity index (χ3v) is 6.08. The van der Waals surface area contributed by atoms with Gasteiger partial charge in [-0.3, -0.25) is 0 Å². The zero-order valence-corrected chi connectivity index (χ0v) is 20.8. The van der Waals surface area contributed by atoms with E-state index in [4.69, 9.17) is 23.7 Å². The largest absolute Gasteiger partial charge is 0.496 e. The predicted octanol–water partition coefficient (Wildman–Crippen LogP) is 6.91. The zero-order valence-electron chi connectivity index (χ0n) is 20.8. The van der Waals surface area contributed by atoms with Crippen molar-refractivity contribution in [2.24, 2.45) is 0 Å². The lowest BCUT2D eigenvalue weighted by Crippen LogP contribution is -2.27. The molecule has 5 nitrogen and oxygen atoms in total. The Morgan fingerprint density at radius 3 is 1.42 bits per heavy atom. The first-order valence-electron chi connectivity index (χ1n) is 11.4. The number of hydrogen-bond acceptors (Lipinski definition) is 5. The van der Waals surface area contributed by atoms with Crippen molar-refractivity contribution in [3.8, 4) is 23.0 Å². The predicted molar refractivity (Wildman–Crippen MR) is 131 cm³/mol. The van der Waals surface area contributed by atoms with Crippen LogP contribution in [0.25, 0.3) is 12.2 Å². The molecular weight excluding hydrogens is 416 g/mol. The molecule has 5 heteroatoms. The summed E-state index contributed by atoms with van der Waals surface area (Å²) in [6.07, 6.45) is 7.89. The highest BCUT2D eigenvalue weighted by molar-refractivity contribution is 5.66. The van der Waals surface area contributed by atoms with Crippen molar-refractivity contribution < 1.29 is 23.7 Å². The lowest BCUT2D eigenvalue weighted by atomic mass is 9.97. The Morgan fingerprint density at radius 1 is 0.667 bits per heavy atom. The molecule has 4 rings (SSSR count). The van der Waals surface area contributed by atoms with E-state index in [1.165, 1.54) is 0 Å². The van der Waals surface area contributed by atoms with Gasteiger partial charge in [0.05, 0.1) is 26.4 Å². The Balaban J connectivity index is 1.61. The maximum atomic E-state index is 6.48. The molecular formula is C28H34O5. The van der Waals surface area contributed by atoms with Crippen molar-refractivity contribution in [1.29, 1.82) is 0 Å². The Kier molecular flexibility index (Phi) is 5.95. The number of rotatable bonds is 6. The maximum Gasteiger partial charge on any atom is 0.131 e. The fourth-order valence-corrected chi connectivity index (χ4v) is 4.29. The molecule has 0 aliphatic carbocycles. The number of hydrogen-bond donors (Lipinski definition) is 0. The highest BCUT2D eigenvalue weighted by Crippen LogP contribution is 2.43. The number of methoxy groups -OCH3 is 2. The van der Waals surface area contributed by atoms with E-state index < -0.39 is 0 Å². The first kappa shape index (κ1) is 23.2. The molecule has 2 unspecified atom stereocenters. The monoisotopic (exact) mass is 450 g/mol. The van der Waals surface area contributed by atoms with Crippen LogP contribution >= 0.6 is 0 Å². The minimum Gasteiger partial charge on any atom is -0.496 e. The Bertz CT molecular complexity index is 1020. The van der Waals surface area contributed by atoms with Crippen LogP contribution in [0.3, 0.4) is 0 Å². The Hall–Kier alpha value is -2.92. The van der Waals surface area contributed by atoms with Crippen LogP contribution < -0.4 is 18.9 Å². The lowest BCUT2D eigenvalue weighted by molar-refractivity contribution is 0.00346. The minimum absolute atomic E-state index is 0.213. The van der Waals surface area contributed by atoms with Crippen molar-refractivity contribution >= 4 is 12.2 Å².